The highest BCUT2D eigenvalue weighted by Crippen LogP contribution is 2.29. The summed E-state index contributed by atoms with van der Waals surface area (Å²) in [5, 5.41) is 6.25. The quantitative estimate of drug-likeness (QED) is 0.526. The Morgan fingerprint density at radius 1 is 1.12 bits per heavy atom. The molecule has 3 heterocycles. The van der Waals surface area contributed by atoms with E-state index in [9.17, 15) is 13.2 Å². The minimum Gasteiger partial charge on any atom is -0.472 e. The summed E-state index contributed by atoms with van der Waals surface area (Å²) in [6, 6.07) is 10.5. The maximum absolute atomic E-state index is 12.4. The van der Waals surface area contributed by atoms with Crippen LogP contribution in [-0.4, -0.2) is 48.8 Å². The molecular weight excluding hydrogens is 466 g/mol. The van der Waals surface area contributed by atoms with Gasteiger partial charge in [0.1, 0.15) is 11.1 Å². The predicted molar refractivity (Wildman–Crippen MR) is 124 cm³/mol. The van der Waals surface area contributed by atoms with Gasteiger partial charge in [-0.25, -0.2) is 23.2 Å². The van der Waals surface area contributed by atoms with Gasteiger partial charge in [-0.3, -0.25) is 4.79 Å². The van der Waals surface area contributed by atoms with Gasteiger partial charge in [-0.15, -0.1) is 0 Å². The van der Waals surface area contributed by atoms with Gasteiger partial charge in [-0.1, -0.05) is 23.7 Å². The first-order valence-corrected chi connectivity index (χ1v) is 12.5. The molecule has 2 fully saturated rings. The van der Waals surface area contributed by atoms with Crippen LogP contribution in [0.15, 0.2) is 58.5 Å². The second kappa shape index (κ2) is 8.77. The Hall–Kier alpha value is -2.95. The van der Waals surface area contributed by atoms with Crippen LogP contribution in [-0.2, 0) is 10.0 Å². The number of ether oxygens (including phenoxy) is 1. The summed E-state index contributed by atoms with van der Waals surface area (Å²) in [5.74, 6) is 0.474. The van der Waals surface area contributed by atoms with Crippen molar-refractivity contribution < 1.29 is 13.2 Å². The molecular formula is C22H22ClN5O4S. The highest BCUT2D eigenvalue weighted by molar-refractivity contribution is 7.89. The van der Waals surface area contributed by atoms with Crippen LogP contribution >= 0.6 is 11.6 Å². The summed E-state index contributed by atoms with van der Waals surface area (Å²) >= 11 is 6.12. The van der Waals surface area contributed by atoms with Crippen molar-refractivity contribution >= 4 is 27.3 Å². The van der Waals surface area contributed by atoms with Gasteiger partial charge in [-0.2, -0.15) is 5.10 Å². The fourth-order valence-electron chi connectivity index (χ4n) is 3.78. The summed E-state index contributed by atoms with van der Waals surface area (Å²) in [5.41, 5.74) is 1.90. The second-order valence-corrected chi connectivity index (χ2v) is 10.3. The first-order chi connectivity index (χ1) is 15.9. The molecule has 1 saturated heterocycles. The highest BCUT2D eigenvalue weighted by Gasteiger charge is 2.28. The third-order valence-electron chi connectivity index (χ3n) is 5.68. The Kier molecular flexibility index (Phi) is 5.81. The maximum atomic E-state index is 12.4. The van der Waals surface area contributed by atoms with Crippen molar-refractivity contribution in [2.45, 2.75) is 36.3 Å². The van der Waals surface area contributed by atoms with Gasteiger partial charge in [0.05, 0.1) is 23.3 Å². The van der Waals surface area contributed by atoms with Gasteiger partial charge in [0.15, 0.2) is 0 Å². The number of anilines is 1. The number of nitrogens with one attached hydrogen (secondary N) is 2. The van der Waals surface area contributed by atoms with Crippen LogP contribution in [0.3, 0.4) is 0 Å². The van der Waals surface area contributed by atoms with Crippen molar-refractivity contribution in [1.82, 2.24) is 19.9 Å². The van der Waals surface area contributed by atoms with E-state index >= 15 is 0 Å². The summed E-state index contributed by atoms with van der Waals surface area (Å²) in [6.07, 6.45) is 5.61. The summed E-state index contributed by atoms with van der Waals surface area (Å²) in [4.78, 5) is 18.2. The standard InChI is InChI=1S/C22H22ClN5O4S/c23-21-19(12-25-26-22(21)29)28-10-8-17(13-28)32-20-11-15(7-9-24-20)14-1-5-18(6-2-14)33(30,31)27-16-3-4-16/h1-2,5-7,9,11-12,16-17,27H,3-4,8,10,13H2,(H,26,29)/t17-/m1/s1. The molecule has 1 aliphatic carbocycles. The second-order valence-electron chi connectivity index (χ2n) is 8.18. The van der Waals surface area contributed by atoms with Crippen molar-refractivity contribution in [3.63, 3.8) is 0 Å². The Morgan fingerprint density at radius 2 is 1.91 bits per heavy atom. The number of hydrogen-bond acceptors (Lipinski definition) is 7. The van der Waals surface area contributed by atoms with Crippen LogP contribution in [0.1, 0.15) is 19.3 Å². The van der Waals surface area contributed by atoms with Gasteiger partial charge >= 0.3 is 0 Å². The van der Waals surface area contributed by atoms with Gasteiger partial charge < -0.3 is 9.64 Å². The molecule has 0 spiro atoms. The van der Waals surface area contributed by atoms with Crippen LogP contribution in [0.2, 0.25) is 5.02 Å². The molecule has 33 heavy (non-hydrogen) atoms. The zero-order valence-electron chi connectivity index (χ0n) is 17.6. The van der Waals surface area contributed by atoms with Crippen LogP contribution in [0, 0.1) is 0 Å². The fourth-order valence-corrected chi connectivity index (χ4v) is 5.29. The Bertz CT molecular complexity index is 1330. The number of hydrogen-bond donors (Lipinski definition) is 2. The normalized spacial score (nSPS) is 18.5. The lowest BCUT2D eigenvalue weighted by atomic mass is 10.1. The van der Waals surface area contributed by atoms with E-state index in [-0.39, 0.29) is 22.1 Å². The Morgan fingerprint density at radius 3 is 2.67 bits per heavy atom. The molecule has 11 heteroatoms. The number of nitrogens with zero attached hydrogens (tertiary/aromatic N) is 3. The topological polar surface area (TPSA) is 117 Å². The predicted octanol–water partition coefficient (Wildman–Crippen LogP) is 2.58. The third-order valence-corrected chi connectivity index (χ3v) is 7.58. The Labute approximate surface area is 195 Å². The number of pyridine rings is 1. The van der Waals surface area contributed by atoms with Crippen molar-refractivity contribution in [3.8, 4) is 17.0 Å². The number of rotatable bonds is 7. The van der Waals surface area contributed by atoms with Crippen LogP contribution < -0.4 is 19.9 Å². The molecule has 0 unspecified atom stereocenters. The summed E-state index contributed by atoms with van der Waals surface area (Å²) in [6.45, 7) is 1.23. The minimum atomic E-state index is -3.48. The molecule has 9 nitrogen and oxygen atoms in total. The first kappa shape index (κ1) is 21.9. The van der Waals surface area contributed by atoms with Crippen molar-refractivity contribution in [2.24, 2.45) is 0 Å². The first-order valence-electron chi connectivity index (χ1n) is 10.6. The lowest BCUT2D eigenvalue weighted by molar-refractivity contribution is 0.216. The van der Waals surface area contributed by atoms with Crippen LogP contribution in [0.5, 0.6) is 5.88 Å². The molecule has 3 aromatic rings. The summed E-state index contributed by atoms with van der Waals surface area (Å²) < 4.78 is 33.5. The maximum Gasteiger partial charge on any atom is 0.285 e. The average Bonchev–Trinajstić information content (AvgIpc) is 3.50. The molecule has 2 aromatic heterocycles. The third kappa shape index (κ3) is 4.87. The van der Waals surface area contributed by atoms with Gasteiger partial charge in [0.25, 0.3) is 5.56 Å². The molecule has 1 aromatic carbocycles. The molecule has 1 aliphatic heterocycles. The molecule has 2 aliphatic rings. The molecule has 5 rings (SSSR count). The smallest absolute Gasteiger partial charge is 0.285 e. The number of sulfonamides is 1. The van der Waals surface area contributed by atoms with E-state index in [0.717, 1.165) is 30.4 Å². The average molecular weight is 488 g/mol. The zero-order chi connectivity index (χ0) is 23.0. The molecule has 172 valence electrons. The molecule has 1 atom stereocenters. The lowest BCUT2D eigenvalue weighted by Crippen LogP contribution is -2.26. The fraction of sp³-hybridized carbons (Fsp3) is 0.318. The summed E-state index contributed by atoms with van der Waals surface area (Å²) in [7, 11) is -3.48. The molecule has 0 radical (unpaired) electrons. The number of halogens is 1. The van der Waals surface area contributed by atoms with Crippen LogP contribution in [0.25, 0.3) is 11.1 Å². The minimum absolute atomic E-state index is 0.0657. The molecule has 2 N–H and O–H groups in total. The van der Waals surface area contributed by atoms with E-state index in [0.29, 0.717) is 24.7 Å². The van der Waals surface area contributed by atoms with Crippen molar-refractivity contribution in [1.29, 1.82) is 0 Å². The molecule has 0 amide bonds. The van der Waals surface area contributed by atoms with E-state index in [2.05, 4.69) is 19.9 Å². The Balaban J connectivity index is 1.27. The monoisotopic (exact) mass is 487 g/mol. The van der Waals surface area contributed by atoms with Crippen LogP contribution in [0.4, 0.5) is 5.69 Å². The number of benzene rings is 1. The van der Waals surface area contributed by atoms with Gasteiger partial charge in [0.2, 0.25) is 15.9 Å². The molecule has 1 saturated carbocycles. The van der Waals surface area contributed by atoms with E-state index in [1.807, 2.05) is 17.0 Å². The largest absolute Gasteiger partial charge is 0.472 e. The van der Waals surface area contributed by atoms with Gasteiger partial charge in [-0.05, 0) is 42.2 Å². The van der Waals surface area contributed by atoms with E-state index in [4.69, 9.17) is 16.3 Å². The number of H-pyrrole nitrogens is 1. The van der Waals surface area contributed by atoms with E-state index in [1.165, 1.54) is 6.20 Å². The highest BCUT2D eigenvalue weighted by atomic mass is 35.5. The zero-order valence-corrected chi connectivity index (χ0v) is 19.1. The number of aromatic amines is 1. The van der Waals surface area contributed by atoms with Crippen molar-refractivity contribution in [3.05, 3.63) is 64.2 Å². The van der Waals surface area contributed by atoms with Crippen molar-refractivity contribution in [2.75, 3.05) is 18.0 Å². The van der Waals surface area contributed by atoms with Gasteiger partial charge in [0, 0.05) is 31.3 Å². The van der Waals surface area contributed by atoms with E-state index in [1.54, 1.807) is 30.5 Å². The molecule has 0 bridgehead atoms. The van der Waals surface area contributed by atoms with E-state index < -0.39 is 15.6 Å². The lowest BCUT2D eigenvalue weighted by Gasteiger charge is -2.19. The SMILES string of the molecule is O=c1[nH]ncc(N2CC[C@@H](Oc3cc(-c4ccc(S(=O)(=O)NC5CC5)cc4)ccn3)C2)c1Cl. The number of aromatic nitrogens is 3.